The Bertz CT molecular complexity index is 1190. The van der Waals surface area contributed by atoms with E-state index in [1.165, 1.54) is 37.2 Å². The number of amides is 1. The number of nitrogens with zero attached hydrogens (tertiary/aromatic N) is 1. The Labute approximate surface area is 194 Å². The fourth-order valence-electron chi connectivity index (χ4n) is 5.21. The Balaban J connectivity index is 0.00000306. The number of aliphatic hydroxyl groups excluding tert-OH is 3. The third-order valence-corrected chi connectivity index (χ3v) is 6.61. The van der Waals surface area contributed by atoms with E-state index in [9.17, 15) is 39.9 Å². The number of Topliss-reactive ketones (excluding diaryl/α,β-unsaturated/α-hetero) is 2. The summed E-state index contributed by atoms with van der Waals surface area (Å²) in [6.45, 7) is 3.91. The zero-order valence-electron chi connectivity index (χ0n) is 17.6. The van der Waals surface area contributed by atoms with E-state index >= 15 is 0 Å². The lowest BCUT2D eigenvalue weighted by molar-refractivity contribution is -0.166. The molecular formula is C22H23ClN2O8. The van der Waals surface area contributed by atoms with E-state index in [2.05, 4.69) is 6.58 Å². The Kier molecular flexibility index (Phi) is 5.71. The second-order valence-corrected chi connectivity index (χ2v) is 8.44. The molecule has 0 saturated heterocycles. The van der Waals surface area contributed by atoms with E-state index in [-0.39, 0.29) is 34.9 Å². The van der Waals surface area contributed by atoms with Crippen molar-refractivity contribution in [2.24, 2.45) is 17.6 Å². The van der Waals surface area contributed by atoms with Crippen LogP contribution < -0.4 is 5.73 Å². The van der Waals surface area contributed by atoms with Gasteiger partial charge in [-0.2, -0.15) is 0 Å². The van der Waals surface area contributed by atoms with Crippen LogP contribution in [0, 0.1) is 11.8 Å². The number of carbonyl (C=O) groups excluding carboxylic acids is 3. The highest BCUT2D eigenvalue weighted by Crippen LogP contribution is 2.55. The molecule has 3 aliphatic carbocycles. The highest BCUT2D eigenvalue weighted by molar-refractivity contribution is 6.25. The van der Waals surface area contributed by atoms with Crippen molar-refractivity contribution < 1.29 is 39.9 Å². The van der Waals surface area contributed by atoms with Crippen LogP contribution in [0.25, 0.3) is 11.3 Å². The van der Waals surface area contributed by atoms with Crippen LogP contribution in [0.15, 0.2) is 41.7 Å². The predicted octanol–water partition coefficient (Wildman–Crippen LogP) is -0.173. The SMILES string of the molecule is C=C1c2cccc(O)c2C(O)=C2C(=O)[C@]3(O)C(O)=C(C(N)=O)C(=O)[C@@H](N(C)C)C3[C@@H](O)[C@H]12.Cl. The van der Waals surface area contributed by atoms with Gasteiger partial charge in [-0.05, 0) is 31.3 Å². The molecule has 0 aliphatic heterocycles. The number of ketones is 2. The van der Waals surface area contributed by atoms with Gasteiger partial charge in [0.25, 0.3) is 5.91 Å². The van der Waals surface area contributed by atoms with Crippen LogP contribution in [0.5, 0.6) is 5.75 Å². The third-order valence-electron chi connectivity index (χ3n) is 6.61. The summed E-state index contributed by atoms with van der Waals surface area (Å²) in [6, 6.07) is 2.89. The topological polar surface area (TPSA) is 182 Å². The molecule has 0 bridgehead atoms. The quantitative estimate of drug-likeness (QED) is 0.314. The van der Waals surface area contributed by atoms with Crippen molar-refractivity contribution in [2.45, 2.75) is 17.7 Å². The molecule has 1 saturated carbocycles. The summed E-state index contributed by atoms with van der Waals surface area (Å²) in [5.74, 6) is -8.78. The standard InChI is InChI=1S/C22H22N2O8.ClH/c1-7-8-5-4-6-9(25)11(8)16(26)12-10(7)17(27)14-15(24(2)3)18(28)13(21(23)31)20(30)22(14,32)19(12)29;/h4-6,10,14-15,17,25-27,30,32H,1H2,2-3H3,(H2,23,31);1H/t10-,14?,15+,17+,22+;/m1./s1. The minimum Gasteiger partial charge on any atom is -0.508 e. The van der Waals surface area contributed by atoms with E-state index in [1.807, 2.05) is 0 Å². The van der Waals surface area contributed by atoms with Gasteiger partial charge in [-0.1, -0.05) is 18.7 Å². The lowest BCUT2D eigenvalue weighted by Gasteiger charge is -2.52. The monoisotopic (exact) mass is 478 g/mol. The van der Waals surface area contributed by atoms with Gasteiger partial charge in [-0.15, -0.1) is 12.4 Å². The Hall–Kier alpha value is -3.18. The average molecular weight is 479 g/mol. The number of rotatable bonds is 2. The molecule has 0 spiro atoms. The van der Waals surface area contributed by atoms with Crippen LogP contribution in [-0.4, -0.2) is 79.7 Å². The van der Waals surface area contributed by atoms with Crippen molar-refractivity contribution in [3.63, 3.8) is 0 Å². The molecule has 1 aromatic rings. The summed E-state index contributed by atoms with van der Waals surface area (Å²) >= 11 is 0. The van der Waals surface area contributed by atoms with Gasteiger partial charge in [0.15, 0.2) is 11.4 Å². The Morgan fingerprint density at radius 2 is 1.79 bits per heavy atom. The largest absolute Gasteiger partial charge is 0.508 e. The van der Waals surface area contributed by atoms with Crippen LogP contribution in [-0.2, 0) is 14.4 Å². The summed E-state index contributed by atoms with van der Waals surface area (Å²) in [7, 11) is 2.88. The van der Waals surface area contributed by atoms with Gasteiger partial charge in [-0.3, -0.25) is 19.3 Å². The number of phenolic OH excluding ortho intramolecular Hbond substituents is 1. The second-order valence-electron chi connectivity index (χ2n) is 8.44. The first kappa shape index (κ1) is 24.5. The number of primary amides is 1. The van der Waals surface area contributed by atoms with Gasteiger partial charge >= 0.3 is 0 Å². The number of nitrogens with two attached hydrogens (primary N) is 1. The van der Waals surface area contributed by atoms with Gasteiger partial charge in [0.2, 0.25) is 5.78 Å². The van der Waals surface area contributed by atoms with E-state index in [1.54, 1.807) is 0 Å². The number of aliphatic hydroxyl groups is 4. The van der Waals surface area contributed by atoms with E-state index in [0.717, 1.165) is 0 Å². The summed E-state index contributed by atoms with van der Waals surface area (Å²) in [5, 5.41) is 54.7. The number of benzene rings is 1. The summed E-state index contributed by atoms with van der Waals surface area (Å²) < 4.78 is 0. The summed E-state index contributed by atoms with van der Waals surface area (Å²) in [5.41, 5.74) is 1.16. The predicted molar refractivity (Wildman–Crippen MR) is 118 cm³/mol. The first-order valence-corrected chi connectivity index (χ1v) is 9.71. The smallest absolute Gasteiger partial charge is 0.255 e. The molecule has 1 fully saturated rings. The normalized spacial score (nSPS) is 31.1. The number of phenols is 1. The maximum atomic E-state index is 13.6. The molecule has 0 radical (unpaired) electrons. The molecule has 7 N–H and O–H groups in total. The molecule has 3 aliphatic rings. The molecule has 176 valence electrons. The van der Waals surface area contributed by atoms with Crippen LogP contribution >= 0.6 is 12.4 Å². The molecule has 0 heterocycles. The van der Waals surface area contributed by atoms with Crippen molar-refractivity contribution >= 4 is 41.2 Å². The minimum absolute atomic E-state index is 0. The minimum atomic E-state index is -2.94. The second kappa shape index (κ2) is 7.70. The molecule has 10 nitrogen and oxygen atoms in total. The van der Waals surface area contributed by atoms with Gasteiger partial charge in [0.05, 0.1) is 29.2 Å². The molecule has 1 unspecified atom stereocenters. The number of fused-ring (bicyclic) bond motifs is 3. The zero-order valence-corrected chi connectivity index (χ0v) is 18.5. The Morgan fingerprint density at radius 3 is 2.33 bits per heavy atom. The van der Waals surface area contributed by atoms with Crippen molar-refractivity contribution in [2.75, 3.05) is 14.1 Å². The number of carbonyl (C=O) groups is 3. The highest BCUT2D eigenvalue weighted by atomic mass is 35.5. The maximum Gasteiger partial charge on any atom is 0.255 e. The third kappa shape index (κ3) is 2.88. The van der Waals surface area contributed by atoms with Crippen molar-refractivity contribution in [3.05, 3.63) is 52.8 Å². The van der Waals surface area contributed by atoms with Crippen LogP contribution in [0.1, 0.15) is 11.1 Å². The lowest BCUT2D eigenvalue weighted by Crippen LogP contribution is -2.70. The number of hydrogen-bond acceptors (Lipinski definition) is 9. The summed E-state index contributed by atoms with van der Waals surface area (Å²) in [4.78, 5) is 39.8. The zero-order chi connectivity index (χ0) is 23.9. The maximum absolute atomic E-state index is 13.6. The number of likely N-dealkylation sites (N-methyl/N-ethyl adjacent to an activating group) is 1. The molecule has 33 heavy (non-hydrogen) atoms. The van der Waals surface area contributed by atoms with E-state index < -0.39 is 69.7 Å². The fourth-order valence-corrected chi connectivity index (χ4v) is 5.21. The molecule has 5 atom stereocenters. The van der Waals surface area contributed by atoms with E-state index in [0.29, 0.717) is 0 Å². The number of halogens is 1. The fraction of sp³-hybridized carbons (Fsp3) is 0.318. The Morgan fingerprint density at radius 1 is 1.18 bits per heavy atom. The first-order valence-electron chi connectivity index (χ1n) is 9.71. The van der Waals surface area contributed by atoms with Crippen molar-refractivity contribution in [3.8, 4) is 5.75 Å². The van der Waals surface area contributed by atoms with Gasteiger partial charge in [0, 0.05) is 5.92 Å². The van der Waals surface area contributed by atoms with Gasteiger partial charge in [0.1, 0.15) is 22.8 Å². The number of aromatic hydroxyl groups is 1. The van der Waals surface area contributed by atoms with Crippen LogP contribution in [0.2, 0.25) is 0 Å². The van der Waals surface area contributed by atoms with Crippen molar-refractivity contribution in [1.29, 1.82) is 0 Å². The summed E-state index contributed by atoms with van der Waals surface area (Å²) in [6.07, 6.45) is -1.69. The lowest BCUT2D eigenvalue weighted by atomic mass is 9.55. The molecule has 1 aromatic carbocycles. The first-order chi connectivity index (χ1) is 14.9. The molecule has 11 heteroatoms. The molecule has 0 aromatic heterocycles. The van der Waals surface area contributed by atoms with Crippen LogP contribution in [0.4, 0.5) is 0 Å². The molecular weight excluding hydrogens is 456 g/mol. The van der Waals surface area contributed by atoms with Crippen LogP contribution in [0.3, 0.4) is 0 Å². The molecule has 1 amide bonds. The van der Waals surface area contributed by atoms with Gasteiger partial charge in [-0.25, -0.2) is 0 Å². The average Bonchev–Trinajstić information content (AvgIpc) is 2.70. The molecule has 4 rings (SSSR count). The van der Waals surface area contributed by atoms with Crippen molar-refractivity contribution in [1.82, 2.24) is 4.90 Å². The van der Waals surface area contributed by atoms with E-state index in [4.69, 9.17) is 5.73 Å². The van der Waals surface area contributed by atoms with Gasteiger partial charge < -0.3 is 31.3 Å². The highest BCUT2D eigenvalue weighted by Gasteiger charge is 2.68. The number of hydrogen-bond donors (Lipinski definition) is 6.